The Bertz CT molecular complexity index is 726. The smallest absolute Gasteiger partial charge is 0.261 e. The monoisotopic (exact) mass is 289 g/mol. The van der Waals surface area contributed by atoms with E-state index in [2.05, 4.69) is 5.32 Å². The van der Waals surface area contributed by atoms with E-state index in [1.54, 1.807) is 12.1 Å². The third-order valence-corrected chi connectivity index (χ3v) is 3.04. The molecule has 0 bridgehead atoms. The van der Waals surface area contributed by atoms with Gasteiger partial charge in [0.15, 0.2) is 5.78 Å². The van der Waals surface area contributed by atoms with Gasteiger partial charge in [0, 0.05) is 11.3 Å². The molecule has 0 saturated carbocycles. The molecular formula is C16H13F2NO2. The summed E-state index contributed by atoms with van der Waals surface area (Å²) in [6.45, 7) is 2.84. The van der Waals surface area contributed by atoms with Gasteiger partial charge in [-0.25, -0.2) is 8.78 Å². The predicted molar refractivity (Wildman–Crippen MR) is 75.5 cm³/mol. The Morgan fingerprint density at radius 1 is 1.10 bits per heavy atom. The van der Waals surface area contributed by atoms with E-state index in [1.807, 2.05) is 0 Å². The van der Waals surface area contributed by atoms with Gasteiger partial charge in [-0.15, -0.1) is 0 Å². The summed E-state index contributed by atoms with van der Waals surface area (Å²) in [6, 6.07) is 8.46. The molecule has 0 aliphatic heterocycles. The highest BCUT2D eigenvalue weighted by Gasteiger charge is 2.19. The fourth-order valence-electron chi connectivity index (χ4n) is 1.87. The van der Waals surface area contributed by atoms with E-state index < -0.39 is 23.1 Å². The summed E-state index contributed by atoms with van der Waals surface area (Å²) in [5.74, 6) is -2.89. The average molecular weight is 289 g/mol. The van der Waals surface area contributed by atoms with Gasteiger partial charge in [0.05, 0.1) is 0 Å². The maximum Gasteiger partial charge on any atom is 0.261 e. The fourth-order valence-corrected chi connectivity index (χ4v) is 1.87. The fraction of sp³-hybridized carbons (Fsp3) is 0.125. The number of carbonyl (C=O) groups is 2. The number of nitrogens with one attached hydrogen (secondary N) is 1. The first-order chi connectivity index (χ1) is 9.90. The lowest BCUT2D eigenvalue weighted by Crippen LogP contribution is -2.16. The molecule has 0 heterocycles. The summed E-state index contributed by atoms with van der Waals surface area (Å²) in [7, 11) is 0. The van der Waals surface area contributed by atoms with Crippen molar-refractivity contribution in [1.29, 1.82) is 0 Å². The first-order valence-electron chi connectivity index (χ1n) is 6.27. The Balaban J connectivity index is 2.33. The Kier molecular flexibility index (Phi) is 4.12. The van der Waals surface area contributed by atoms with E-state index in [9.17, 15) is 18.4 Å². The number of aryl methyl sites for hydroxylation is 1. The van der Waals surface area contributed by atoms with Gasteiger partial charge in [0.2, 0.25) is 0 Å². The summed E-state index contributed by atoms with van der Waals surface area (Å²) in [6.07, 6.45) is 0. The molecule has 5 heteroatoms. The summed E-state index contributed by atoms with van der Waals surface area (Å²) >= 11 is 0. The highest BCUT2D eigenvalue weighted by atomic mass is 19.1. The quantitative estimate of drug-likeness (QED) is 0.875. The number of Topliss-reactive ketones (excluding diaryl/α,β-unsaturated/α-hetero) is 1. The largest absolute Gasteiger partial charge is 0.322 e. The topological polar surface area (TPSA) is 46.2 Å². The number of anilines is 1. The highest BCUT2D eigenvalue weighted by Crippen LogP contribution is 2.19. The number of amides is 1. The molecule has 2 rings (SSSR count). The lowest BCUT2D eigenvalue weighted by Gasteiger charge is -2.09. The van der Waals surface area contributed by atoms with Crippen molar-refractivity contribution >= 4 is 17.4 Å². The molecule has 0 aliphatic carbocycles. The van der Waals surface area contributed by atoms with E-state index >= 15 is 0 Å². The minimum Gasteiger partial charge on any atom is -0.322 e. The van der Waals surface area contributed by atoms with Gasteiger partial charge in [0.25, 0.3) is 5.91 Å². The summed E-state index contributed by atoms with van der Waals surface area (Å²) in [4.78, 5) is 23.3. The van der Waals surface area contributed by atoms with Crippen LogP contribution < -0.4 is 5.32 Å². The number of carbonyl (C=O) groups excluding carboxylic acids is 2. The molecule has 2 aromatic rings. The second kappa shape index (κ2) is 5.83. The second-order valence-electron chi connectivity index (χ2n) is 4.64. The first-order valence-corrected chi connectivity index (χ1v) is 6.27. The molecule has 0 saturated heterocycles. The van der Waals surface area contributed by atoms with Crippen LogP contribution >= 0.6 is 0 Å². The minimum absolute atomic E-state index is 0.168. The average Bonchev–Trinajstić information content (AvgIpc) is 2.43. The van der Waals surface area contributed by atoms with Gasteiger partial charge in [-0.1, -0.05) is 18.2 Å². The Labute approximate surface area is 120 Å². The zero-order valence-electron chi connectivity index (χ0n) is 11.5. The Hall–Kier alpha value is -2.56. The van der Waals surface area contributed by atoms with Crippen molar-refractivity contribution < 1.29 is 18.4 Å². The van der Waals surface area contributed by atoms with Crippen LogP contribution in [0, 0.1) is 18.6 Å². The number of benzene rings is 2. The molecular weight excluding hydrogens is 276 g/mol. The second-order valence-corrected chi connectivity index (χ2v) is 4.64. The molecule has 2 aromatic carbocycles. The number of halogens is 2. The highest BCUT2D eigenvalue weighted by molar-refractivity contribution is 6.05. The van der Waals surface area contributed by atoms with E-state index in [0.29, 0.717) is 11.3 Å². The summed E-state index contributed by atoms with van der Waals surface area (Å²) < 4.78 is 27.5. The third kappa shape index (κ3) is 3.13. The van der Waals surface area contributed by atoms with Crippen LogP contribution in [-0.4, -0.2) is 11.7 Å². The molecule has 3 nitrogen and oxygen atoms in total. The predicted octanol–water partition coefficient (Wildman–Crippen LogP) is 3.73. The van der Waals surface area contributed by atoms with Crippen molar-refractivity contribution in [3.63, 3.8) is 0 Å². The maximum atomic E-state index is 13.9. The van der Waals surface area contributed by atoms with Crippen molar-refractivity contribution in [2.75, 3.05) is 5.32 Å². The van der Waals surface area contributed by atoms with Crippen LogP contribution in [-0.2, 0) is 0 Å². The molecule has 0 unspecified atom stereocenters. The number of hydrogen-bond donors (Lipinski definition) is 1. The lowest BCUT2D eigenvalue weighted by atomic mass is 10.1. The third-order valence-electron chi connectivity index (χ3n) is 3.04. The molecule has 0 aromatic heterocycles. The molecule has 0 fully saturated rings. The molecule has 1 amide bonds. The molecule has 0 atom stereocenters. The van der Waals surface area contributed by atoms with Gasteiger partial charge in [-0.3, -0.25) is 9.59 Å². The number of hydrogen-bond acceptors (Lipinski definition) is 2. The van der Waals surface area contributed by atoms with Crippen molar-refractivity contribution in [2.45, 2.75) is 13.8 Å². The lowest BCUT2D eigenvalue weighted by molar-refractivity contribution is 0.100. The summed E-state index contributed by atoms with van der Waals surface area (Å²) in [5.41, 5.74) is 0.244. The van der Waals surface area contributed by atoms with E-state index in [-0.39, 0.29) is 11.3 Å². The SMILES string of the molecule is CC(=O)c1cccc(NC(=O)c2c(F)ccc(C)c2F)c1. The molecule has 1 N–H and O–H groups in total. The van der Waals surface area contributed by atoms with Crippen LogP contribution in [0.15, 0.2) is 36.4 Å². The van der Waals surface area contributed by atoms with Crippen LogP contribution in [0.5, 0.6) is 0 Å². The summed E-state index contributed by atoms with van der Waals surface area (Å²) in [5, 5.41) is 2.39. The first kappa shape index (κ1) is 14.8. The van der Waals surface area contributed by atoms with Crippen molar-refractivity contribution in [2.24, 2.45) is 0 Å². The Morgan fingerprint density at radius 3 is 2.48 bits per heavy atom. The molecule has 21 heavy (non-hydrogen) atoms. The Morgan fingerprint density at radius 2 is 1.81 bits per heavy atom. The van der Waals surface area contributed by atoms with Crippen LogP contribution in [0.3, 0.4) is 0 Å². The molecule has 108 valence electrons. The maximum absolute atomic E-state index is 13.9. The van der Waals surface area contributed by atoms with Crippen LogP contribution in [0.25, 0.3) is 0 Å². The molecule has 0 spiro atoms. The van der Waals surface area contributed by atoms with Gasteiger partial charge in [-0.2, -0.15) is 0 Å². The van der Waals surface area contributed by atoms with Gasteiger partial charge in [0.1, 0.15) is 17.2 Å². The van der Waals surface area contributed by atoms with E-state index in [1.165, 1.54) is 32.0 Å². The normalized spacial score (nSPS) is 10.3. The molecule has 0 radical (unpaired) electrons. The van der Waals surface area contributed by atoms with Gasteiger partial charge in [-0.05, 0) is 37.6 Å². The minimum atomic E-state index is -0.932. The van der Waals surface area contributed by atoms with E-state index in [0.717, 1.165) is 6.07 Å². The van der Waals surface area contributed by atoms with Crippen LogP contribution in [0.2, 0.25) is 0 Å². The van der Waals surface area contributed by atoms with Gasteiger partial charge < -0.3 is 5.32 Å². The van der Waals surface area contributed by atoms with Crippen molar-refractivity contribution in [3.8, 4) is 0 Å². The van der Waals surface area contributed by atoms with E-state index in [4.69, 9.17) is 0 Å². The van der Waals surface area contributed by atoms with Gasteiger partial charge >= 0.3 is 0 Å². The zero-order valence-corrected chi connectivity index (χ0v) is 11.5. The number of ketones is 1. The number of rotatable bonds is 3. The standard InChI is InChI=1S/C16H13F2NO2/c1-9-6-7-13(17)14(15(9)18)16(21)19-12-5-3-4-11(8-12)10(2)20/h3-8H,1-2H3,(H,19,21). The molecule has 0 aliphatic rings. The van der Waals surface area contributed by atoms with Crippen LogP contribution in [0.4, 0.5) is 14.5 Å². The van der Waals surface area contributed by atoms with Crippen LogP contribution in [0.1, 0.15) is 33.2 Å². The zero-order chi connectivity index (χ0) is 15.6. The van der Waals surface area contributed by atoms with Crippen molar-refractivity contribution in [3.05, 3.63) is 64.7 Å². The van der Waals surface area contributed by atoms with Crippen molar-refractivity contribution in [1.82, 2.24) is 0 Å².